The largest absolute Gasteiger partial charge is 0.396 e. The summed E-state index contributed by atoms with van der Waals surface area (Å²) in [6, 6.07) is 17.9. The van der Waals surface area contributed by atoms with Crippen molar-refractivity contribution in [1.82, 2.24) is 0 Å². The molecule has 1 atom stereocenters. The third kappa shape index (κ3) is 4.72. The van der Waals surface area contributed by atoms with Crippen LogP contribution in [0.4, 0.5) is 0 Å². The zero-order valence-electron chi connectivity index (χ0n) is 12.9. The lowest BCUT2D eigenvalue weighted by molar-refractivity contribution is 0.0982. The van der Waals surface area contributed by atoms with E-state index >= 15 is 0 Å². The van der Waals surface area contributed by atoms with Crippen LogP contribution in [0.15, 0.2) is 54.6 Å². The van der Waals surface area contributed by atoms with Crippen LogP contribution in [-0.2, 0) is 6.42 Å². The minimum Gasteiger partial charge on any atom is -0.396 e. The van der Waals surface area contributed by atoms with E-state index < -0.39 is 0 Å². The van der Waals surface area contributed by atoms with Crippen LogP contribution in [0.2, 0.25) is 0 Å². The van der Waals surface area contributed by atoms with Gasteiger partial charge in [-0.25, -0.2) is 0 Å². The van der Waals surface area contributed by atoms with E-state index in [1.165, 1.54) is 5.56 Å². The molecule has 116 valence electrons. The fraction of sp³-hybridized carbons (Fsp3) is 0.316. The molecule has 0 heterocycles. The third-order valence-electron chi connectivity index (χ3n) is 3.64. The number of aliphatic hydroxyl groups excluding tert-OH is 1. The molecule has 0 spiro atoms. The van der Waals surface area contributed by atoms with Gasteiger partial charge >= 0.3 is 0 Å². The van der Waals surface area contributed by atoms with Gasteiger partial charge in [0.2, 0.25) is 0 Å². The zero-order chi connectivity index (χ0) is 15.8. The Labute approximate surface area is 136 Å². The number of Topliss-reactive ketones (excluding diaryl/α,β-unsaturated/α-hetero) is 1. The number of benzene rings is 2. The van der Waals surface area contributed by atoms with Crippen molar-refractivity contribution < 1.29 is 9.90 Å². The molecule has 0 aliphatic rings. The molecule has 22 heavy (non-hydrogen) atoms. The maximum atomic E-state index is 12.4. The molecule has 0 bridgehead atoms. The van der Waals surface area contributed by atoms with Crippen molar-refractivity contribution in [3.63, 3.8) is 0 Å². The first-order valence-electron chi connectivity index (χ1n) is 7.64. The van der Waals surface area contributed by atoms with Crippen LogP contribution in [0.3, 0.4) is 0 Å². The van der Waals surface area contributed by atoms with Gasteiger partial charge in [0.25, 0.3) is 0 Å². The van der Waals surface area contributed by atoms with Crippen LogP contribution in [0.5, 0.6) is 0 Å². The molecule has 2 aromatic carbocycles. The van der Waals surface area contributed by atoms with Crippen molar-refractivity contribution in [1.29, 1.82) is 0 Å². The fourth-order valence-electron chi connectivity index (χ4n) is 2.35. The fourth-order valence-corrected chi connectivity index (χ4v) is 3.35. The van der Waals surface area contributed by atoms with Gasteiger partial charge in [-0.15, -0.1) is 0 Å². The average molecular weight is 314 g/mol. The Morgan fingerprint density at radius 1 is 1.09 bits per heavy atom. The summed E-state index contributed by atoms with van der Waals surface area (Å²) in [5.74, 6) is 0.790. The molecule has 2 aromatic rings. The molecular formula is C19H22O2S. The average Bonchev–Trinajstić information content (AvgIpc) is 2.59. The van der Waals surface area contributed by atoms with Gasteiger partial charge in [0.05, 0.1) is 6.61 Å². The van der Waals surface area contributed by atoms with E-state index in [0.717, 1.165) is 17.5 Å². The molecule has 0 saturated carbocycles. The summed E-state index contributed by atoms with van der Waals surface area (Å²) in [7, 11) is 0. The summed E-state index contributed by atoms with van der Waals surface area (Å²) < 4.78 is 0. The van der Waals surface area contributed by atoms with E-state index in [2.05, 4.69) is 31.2 Å². The van der Waals surface area contributed by atoms with Gasteiger partial charge in [-0.05, 0) is 17.5 Å². The number of ketones is 1. The molecule has 0 aliphatic heterocycles. The second-order valence-corrected chi connectivity index (χ2v) is 6.48. The van der Waals surface area contributed by atoms with Gasteiger partial charge in [-0.2, -0.15) is 11.8 Å². The SMILES string of the molecule is CCc1ccc(C(CC(=O)c2ccccc2)SCCO)cc1. The predicted octanol–water partition coefficient (Wildman–Crippen LogP) is 4.29. The minimum atomic E-state index is 0.0887. The van der Waals surface area contributed by atoms with Gasteiger partial charge < -0.3 is 5.11 Å². The Morgan fingerprint density at radius 2 is 1.77 bits per heavy atom. The van der Waals surface area contributed by atoms with Crippen LogP contribution < -0.4 is 0 Å². The van der Waals surface area contributed by atoms with E-state index in [1.54, 1.807) is 11.8 Å². The molecule has 0 aromatic heterocycles. The standard InChI is InChI=1S/C19H22O2S/c1-2-15-8-10-17(11-9-15)19(22-13-12-20)14-18(21)16-6-4-3-5-7-16/h3-11,19-20H,2,12-14H2,1H3. The second kappa shape index (κ2) is 8.76. The number of hydrogen-bond donors (Lipinski definition) is 1. The molecule has 0 amide bonds. The highest BCUT2D eigenvalue weighted by Crippen LogP contribution is 2.33. The molecule has 1 N–H and O–H groups in total. The van der Waals surface area contributed by atoms with Crippen LogP contribution in [0, 0.1) is 0 Å². The van der Waals surface area contributed by atoms with E-state index in [9.17, 15) is 4.79 Å². The van der Waals surface area contributed by atoms with Crippen LogP contribution >= 0.6 is 11.8 Å². The molecule has 0 saturated heterocycles. The Bertz CT molecular complexity index is 578. The highest BCUT2D eigenvalue weighted by Gasteiger charge is 2.17. The van der Waals surface area contributed by atoms with Crippen molar-refractivity contribution >= 4 is 17.5 Å². The Kier molecular flexibility index (Phi) is 6.69. The lowest BCUT2D eigenvalue weighted by atomic mass is 10.0. The maximum absolute atomic E-state index is 12.4. The number of aliphatic hydroxyl groups is 1. The van der Waals surface area contributed by atoms with Gasteiger partial charge in [0, 0.05) is 23.0 Å². The summed E-state index contributed by atoms with van der Waals surface area (Å²) in [6.07, 6.45) is 1.47. The first-order chi connectivity index (χ1) is 10.7. The molecule has 3 heteroatoms. The van der Waals surface area contributed by atoms with Gasteiger partial charge in [0.1, 0.15) is 0 Å². The van der Waals surface area contributed by atoms with Crippen LogP contribution in [0.25, 0.3) is 0 Å². The minimum absolute atomic E-state index is 0.0887. The second-order valence-electron chi connectivity index (χ2n) is 5.17. The predicted molar refractivity (Wildman–Crippen MR) is 93.5 cm³/mol. The number of carbonyl (C=O) groups excluding carboxylic acids is 1. The number of thioether (sulfide) groups is 1. The summed E-state index contributed by atoms with van der Waals surface area (Å²) in [4.78, 5) is 12.4. The molecular weight excluding hydrogens is 292 g/mol. The normalized spacial score (nSPS) is 12.1. The van der Waals surface area contributed by atoms with E-state index in [-0.39, 0.29) is 17.6 Å². The smallest absolute Gasteiger partial charge is 0.164 e. The highest BCUT2D eigenvalue weighted by molar-refractivity contribution is 7.99. The Hall–Kier alpha value is -1.58. The van der Waals surface area contributed by atoms with Crippen molar-refractivity contribution in [2.24, 2.45) is 0 Å². The first kappa shape index (κ1) is 16.8. The Balaban J connectivity index is 2.13. The molecule has 1 unspecified atom stereocenters. The number of rotatable bonds is 8. The van der Waals surface area contributed by atoms with Crippen molar-refractivity contribution in [2.75, 3.05) is 12.4 Å². The van der Waals surface area contributed by atoms with Crippen molar-refractivity contribution in [3.05, 3.63) is 71.3 Å². The quantitative estimate of drug-likeness (QED) is 0.739. The van der Waals surface area contributed by atoms with E-state index in [4.69, 9.17) is 5.11 Å². The Morgan fingerprint density at radius 3 is 2.36 bits per heavy atom. The van der Waals surface area contributed by atoms with E-state index in [1.807, 2.05) is 30.3 Å². The van der Waals surface area contributed by atoms with Crippen LogP contribution in [0.1, 0.15) is 40.1 Å². The third-order valence-corrected chi connectivity index (χ3v) is 4.90. The molecule has 0 fully saturated rings. The topological polar surface area (TPSA) is 37.3 Å². The highest BCUT2D eigenvalue weighted by atomic mass is 32.2. The lowest BCUT2D eigenvalue weighted by Gasteiger charge is -2.16. The molecule has 2 nitrogen and oxygen atoms in total. The number of hydrogen-bond acceptors (Lipinski definition) is 3. The maximum Gasteiger partial charge on any atom is 0.164 e. The van der Waals surface area contributed by atoms with Gasteiger partial charge in [-0.1, -0.05) is 61.5 Å². The van der Waals surface area contributed by atoms with Gasteiger partial charge in [-0.3, -0.25) is 4.79 Å². The summed E-state index contributed by atoms with van der Waals surface area (Å²) in [5.41, 5.74) is 3.20. The molecule has 0 aliphatic carbocycles. The monoisotopic (exact) mass is 314 g/mol. The lowest BCUT2D eigenvalue weighted by Crippen LogP contribution is -2.07. The van der Waals surface area contributed by atoms with Gasteiger partial charge in [0.15, 0.2) is 5.78 Å². The first-order valence-corrected chi connectivity index (χ1v) is 8.69. The summed E-state index contributed by atoms with van der Waals surface area (Å²) in [6.45, 7) is 2.26. The molecule has 2 rings (SSSR count). The number of aryl methyl sites for hydroxylation is 1. The van der Waals surface area contributed by atoms with E-state index in [0.29, 0.717) is 12.2 Å². The summed E-state index contributed by atoms with van der Waals surface area (Å²) in [5, 5.41) is 9.18. The van der Waals surface area contributed by atoms with Crippen molar-refractivity contribution in [3.8, 4) is 0 Å². The molecule has 0 radical (unpaired) electrons. The zero-order valence-corrected chi connectivity index (χ0v) is 13.7. The van der Waals surface area contributed by atoms with Crippen molar-refractivity contribution in [2.45, 2.75) is 25.0 Å². The van der Waals surface area contributed by atoms with Crippen LogP contribution in [-0.4, -0.2) is 23.2 Å². The number of carbonyl (C=O) groups is 1. The summed E-state index contributed by atoms with van der Waals surface area (Å²) >= 11 is 1.64.